The van der Waals surface area contributed by atoms with E-state index in [1.165, 1.54) is 38.6 Å². The predicted octanol–water partition coefficient (Wildman–Crippen LogP) is 2.04. The number of aliphatic hydroxyl groups excluding tert-OH is 1. The van der Waals surface area contributed by atoms with Crippen LogP contribution in [-0.4, -0.2) is 48.5 Å². The van der Waals surface area contributed by atoms with Crippen LogP contribution >= 0.6 is 0 Å². The quantitative estimate of drug-likeness (QED) is 0.748. The minimum atomic E-state index is -0.0484. The van der Waals surface area contributed by atoms with E-state index in [0.29, 0.717) is 12.0 Å². The lowest BCUT2D eigenvalue weighted by Gasteiger charge is -2.40. The molecule has 1 heterocycles. The summed E-state index contributed by atoms with van der Waals surface area (Å²) in [6.07, 6.45) is 7.31. The van der Waals surface area contributed by atoms with E-state index in [9.17, 15) is 5.11 Å². The van der Waals surface area contributed by atoms with Crippen molar-refractivity contribution in [3.8, 4) is 0 Å². The van der Waals surface area contributed by atoms with Crippen molar-refractivity contribution < 1.29 is 9.84 Å². The first-order valence-electron chi connectivity index (χ1n) is 7.32. The van der Waals surface area contributed by atoms with E-state index < -0.39 is 0 Å². The summed E-state index contributed by atoms with van der Waals surface area (Å²) >= 11 is 0. The smallest absolute Gasteiger partial charge is 0.0593 e. The van der Waals surface area contributed by atoms with Gasteiger partial charge in [-0.1, -0.05) is 12.8 Å². The van der Waals surface area contributed by atoms with Gasteiger partial charge in [-0.2, -0.15) is 0 Å². The van der Waals surface area contributed by atoms with Crippen LogP contribution in [0.3, 0.4) is 0 Å². The summed E-state index contributed by atoms with van der Waals surface area (Å²) in [6, 6.07) is 0.613. The highest BCUT2D eigenvalue weighted by Gasteiger charge is 2.36. The molecule has 1 aliphatic carbocycles. The molecule has 0 bridgehead atoms. The van der Waals surface area contributed by atoms with E-state index >= 15 is 0 Å². The molecular weight excluding hydrogens is 214 g/mol. The molecule has 1 aliphatic heterocycles. The van der Waals surface area contributed by atoms with Crippen molar-refractivity contribution in [3.63, 3.8) is 0 Å². The molecule has 2 aliphatic rings. The zero-order chi connectivity index (χ0) is 12.1. The van der Waals surface area contributed by atoms with Gasteiger partial charge in [-0.3, -0.25) is 4.90 Å². The molecule has 0 aromatic heterocycles. The van der Waals surface area contributed by atoms with Gasteiger partial charge in [0, 0.05) is 25.1 Å². The van der Waals surface area contributed by atoms with E-state index in [-0.39, 0.29) is 6.10 Å². The fourth-order valence-corrected chi connectivity index (χ4v) is 3.52. The maximum atomic E-state index is 10.1. The van der Waals surface area contributed by atoms with Gasteiger partial charge >= 0.3 is 0 Å². The van der Waals surface area contributed by atoms with Crippen molar-refractivity contribution in [2.45, 2.75) is 57.6 Å². The Bertz CT molecular complexity index is 222. The summed E-state index contributed by atoms with van der Waals surface area (Å²) in [5, 5.41) is 10.1. The van der Waals surface area contributed by atoms with Crippen molar-refractivity contribution in [2.75, 3.05) is 26.3 Å². The Labute approximate surface area is 105 Å². The third-order valence-electron chi connectivity index (χ3n) is 4.42. The van der Waals surface area contributed by atoms with Crippen LogP contribution in [-0.2, 0) is 4.74 Å². The predicted molar refractivity (Wildman–Crippen MR) is 69.1 cm³/mol. The molecule has 1 saturated heterocycles. The molecule has 0 amide bonds. The highest BCUT2D eigenvalue weighted by molar-refractivity contribution is 4.90. The third-order valence-corrected chi connectivity index (χ3v) is 4.42. The monoisotopic (exact) mass is 241 g/mol. The molecule has 0 aromatic carbocycles. The number of rotatable bonds is 5. The van der Waals surface area contributed by atoms with Crippen molar-refractivity contribution in [2.24, 2.45) is 5.92 Å². The standard InChI is InChI=1S/C14H27NO2/c1-2-17-11-10-15-9-4-3-7-13(15)12-6-5-8-14(12)16/h12-14,16H,2-11H2,1H3. The van der Waals surface area contributed by atoms with Gasteiger partial charge in [0.1, 0.15) is 0 Å². The van der Waals surface area contributed by atoms with E-state index in [1.54, 1.807) is 0 Å². The molecular formula is C14H27NO2. The highest BCUT2D eigenvalue weighted by atomic mass is 16.5. The average Bonchev–Trinajstić information content (AvgIpc) is 2.76. The van der Waals surface area contributed by atoms with E-state index in [1.807, 2.05) is 0 Å². The Hall–Kier alpha value is -0.120. The van der Waals surface area contributed by atoms with E-state index in [2.05, 4.69) is 11.8 Å². The van der Waals surface area contributed by atoms with Crippen LogP contribution in [0.2, 0.25) is 0 Å². The number of ether oxygens (including phenoxy) is 1. The first-order valence-corrected chi connectivity index (χ1v) is 7.32. The van der Waals surface area contributed by atoms with Crippen LogP contribution in [0.15, 0.2) is 0 Å². The number of piperidine rings is 1. The molecule has 1 saturated carbocycles. The Balaban J connectivity index is 1.87. The lowest BCUT2D eigenvalue weighted by atomic mass is 9.88. The molecule has 0 spiro atoms. The van der Waals surface area contributed by atoms with Gasteiger partial charge in [0.05, 0.1) is 12.7 Å². The van der Waals surface area contributed by atoms with Crippen LogP contribution < -0.4 is 0 Å². The van der Waals surface area contributed by atoms with E-state index in [4.69, 9.17) is 4.74 Å². The minimum Gasteiger partial charge on any atom is -0.393 e. The van der Waals surface area contributed by atoms with Gasteiger partial charge in [-0.25, -0.2) is 0 Å². The number of aliphatic hydroxyl groups is 1. The van der Waals surface area contributed by atoms with Gasteiger partial charge < -0.3 is 9.84 Å². The topological polar surface area (TPSA) is 32.7 Å². The first-order chi connectivity index (χ1) is 8.33. The Morgan fingerprint density at radius 2 is 2.06 bits per heavy atom. The van der Waals surface area contributed by atoms with Crippen LogP contribution in [0.25, 0.3) is 0 Å². The van der Waals surface area contributed by atoms with Crippen molar-refractivity contribution in [3.05, 3.63) is 0 Å². The van der Waals surface area contributed by atoms with Crippen molar-refractivity contribution in [1.82, 2.24) is 4.90 Å². The summed E-state index contributed by atoms with van der Waals surface area (Å²) in [5.41, 5.74) is 0. The largest absolute Gasteiger partial charge is 0.393 e. The minimum absolute atomic E-state index is 0.0484. The van der Waals surface area contributed by atoms with Gasteiger partial charge in [0.2, 0.25) is 0 Å². The number of hydrogen-bond donors (Lipinski definition) is 1. The second kappa shape index (κ2) is 6.72. The SMILES string of the molecule is CCOCCN1CCCCC1C1CCCC1O. The molecule has 2 fully saturated rings. The lowest BCUT2D eigenvalue weighted by Crippen LogP contribution is -2.47. The fourth-order valence-electron chi connectivity index (χ4n) is 3.52. The molecule has 3 heteroatoms. The number of likely N-dealkylation sites (tertiary alicyclic amines) is 1. The molecule has 3 unspecified atom stereocenters. The fraction of sp³-hybridized carbons (Fsp3) is 1.00. The summed E-state index contributed by atoms with van der Waals surface area (Å²) in [5.74, 6) is 0.525. The first kappa shape index (κ1) is 13.3. The molecule has 100 valence electrons. The molecule has 1 N–H and O–H groups in total. The molecule has 3 nitrogen and oxygen atoms in total. The summed E-state index contributed by atoms with van der Waals surface area (Å²) < 4.78 is 5.47. The maximum absolute atomic E-state index is 10.1. The van der Waals surface area contributed by atoms with Crippen LogP contribution in [0.4, 0.5) is 0 Å². The number of hydrogen-bond acceptors (Lipinski definition) is 3. The van der Waals surface area contributed by atoms with Crippen molar-refractivity contribution >= 4 is 0 Å². The van der Waals surface area contributed by atoms with Crippen molar-refractivity contribution in [1.29, 1.82) is 0 Å². The third kappa shape index (κ3) is 3.43. The van der Waals surface area contributed by atoms with Gasteiger partial charge in [0.25, 0.3) is 0 Å². The lowest BCUT2D eigenvalue weighted by molar-refractivity contribution is 0.0178. The van der Waals surface area contributed by atoms with Gasteiger partial charge in [0.15, 0.2) is 0 Å². The molecule has 0 radical (unpaired) electrons. The summed E-state index contributed by atoms with van der Waals surface area (Å²) in [6.45, 7) is 5.94. The number of nitrogens with zero attached hydrogens (tertiary/aromatic N) is 1. The van der Waals surface area contributed by atoms with Crippen LogP contribution in [0, 0.1) is 5.92 Å². The zero-order valence-electron chi connectivity index (χ0n) is 11.1. The highest BCUT2D eigenvalue weighted by Crippen LogP contribution is 2.34. The Morgan fingerprint density at radius 1 is 1.18 bits per heavy atom. The molecule has 17 heavy (non-hydrogen) atoms. The second-order valence-corrected chi connectivity index (χ2v) is 5.46. The summed E-state index contributed by atoms with van der Waals surface area (Å²) in [4.78, 5) is 2.57. The molecule has 0 aromatic rings. The van der Waals surface area contributed by atoms with Crippen LogP contribution in [0.1, 0.15) is 45.4 Å². The van der Waals surface area contributed by atoms with Gasteiger partial charge in [-0.15, -0.1) is 0 Å². The zero-order valence-corrected chi connectivity index (χ0v) is 11.1. The Kier molecular flexibility index (Phi) is 5.26. The maximum Gasteiger partial charge on any atom is 0.0593 e. The van der Waals surface area contributed by atoms with Crippen LogP contribution in [0.5, 0.6) is 0 Å². The van der Waals surface area contributed by atoms with Gasteiger partial charge in [-0.05, 0) is 39.2 Å². The normalized spacial score (nSPS) is 35.3. The summed E-state index contributed by atoms with van der Waals surface area (Å²) in [7, 11) is 0. The second-order valence-electron chi connectivity index (χ2n) is 5.46. The van der Waals surface area contributed by atoms with E-state index in [0.717, 1.165) is 26.2 Å². The molecule has 3 atom stereocenters. The average molecular weight is 241 g/mol. The molecule has 2 rings (SSSR count). The Morgan fingerprint density at radius 3 is 2.76 bits per heavy atom.